The molecule has 1 heterocycles. The summed E-state index contributed by atoms with van der Waals surface area (Å²) in [5.74, 6) is 0.00552. The number of aromatic nitrogens is 1. The molecule has 0 saturated carbocycles. The molecule has 0 N–H and O–H groups in total. The van der Waals surface area contributed by atoms with E-state index in [2.05, 4.69) is 4.98 Å². The molecule has 0 saturated heterocycles. The minimum Gasteiger partial charge on any atom is -0.454 e. The number of carbonyl (C=O) groups is 1. The number of nitrogens with zero attached hydrogens (tertiary/aromatic N) is 1. The minimum atomic E-state index is -0.568. The van der Waals surface area contributed by atoms with Crippen LogP contribution in [-0.2, 0) is 0 Å². The molecule has 0 unspecified atom stereocenters. The highest BCUT2D eigenvalue weighted by molar-refractivity contribution is 5.75. The van der Waals surface area contributed by atoms with Crippen LogP contribution in [0.25, 0.3) is 0 Å². The second kappa shape index (κ2) is 4.53. The largest absolute Gasteiger partial charge is 0.454 e. The highest BCUT2D eigenvalue weighted by Gasteiger charge is 2.05. The van der Waals surface area contributed by atoms with E-state index in [1.807, 2.05) is 0 Å². The SMILES string of the molecule is O=Cc1ccc(Oc2ccncc2)c(F)c1. The van der Waals surface area contributed by atoms with Crippen molar-refractivity contribution in [1.82, 2.24) is 4.98 Å². The first-order valence-corrected chi connectivity index (χ1v) is 4.62. The third-order valence-corrected chi connectivity index (χ3v) is 1.97. The van der Waals surface area contributed by atoms with Crippen molar-refractivity contribution in [3.8, 4) is 11.5 Å². The summed E-state index contributed by atoms with van der Waals surface area (Å²) in [6, 6.07) is 7.27. The molecule has 0 fully saturated rings. The Morgan fingerprint density at radius 3 is 2.56 bits per heavy atom. The fourth-order valence-corrected chi connectivity index (χ4v) is 1.21. The zero-order valence-corrected chi connectivity index (χ0v) is 8.26. The summed E-state index contributed by atoms with van der Waals surface area (Å²) in [4.78, 5) is 14.2. The molecule has 2 aromatic rings. The molecule has 1 aromatic heterocycles. The van der Waals surface area contributed by atoms with Crippen LogP contribution in [0.3, 0.4) is 0 Å². The van der Waals surface area contributed by atoms with E-state index in [4.69, 9.17) is 4.74 Å². The fourth-order valence-electron chi connectivity index (χ4n) is 1.21. The van der Waals surface area contributed by atoms with Crippen molar-refractivity contribution in [2.24, 2.45) is 0 Å². The molecule has 2 rings (SSSR count). The van der Waals surface area contributed by atoms with Gasteiger partial charge in [-0.3, -0.25) is 9.78 Å². The Morgan fingerprint density at radius 1 is 1.19 bits per heavy atom. The predicted octanol–water partition coefficient (Wildman–Crippen LogP) is 2.83. The van der Waals surface area contributed by atoms with Gasteiger partial charge in [-0.05, 0) is 30.3 Å². The van der Waals surface area contributed by atoms with E-state index in [0.717, 1.165) is 6.07 Å². The lowest BCUT2D eigenvalue weighted by atomic mass is 10.2. The molecule has 0 aliphatic carbocycles. The third-order valence-electron chi connectivity index (χ3n) is 1.97. The first-order valence-electron chi connectivity index (χ1n) is 4.62. The summed E-state index contributed by atoms with van der Waals surface area (Å²) < 4.78 is 18.7. The van der Waals surface area contributed by atoms with Crippen LogP contribution in [-0.4, -0.2) is 11.3 Å². The number of halogens is 1. The van der Waals surface area contributed by atoms with Crippen LogP contribution in [0.15, 0.2) is 42.7 Å². The van der Waals surface area contributed by atoms with Crippen LogP contribution in [0.1, 0.15) is 10.4 Å². The molecule has 4 heteroatoms. The van der Waals surface area contributed by atoms with Crippen LogP contribution in [0.2, 0.25) is 0 Å². The monoisotopic (exact) mass is 217 g/mol. The molecule has 1 aromatic carbocycles. The highest BCUT2D eigenvalue weighted by Crippen LogP contribution is 2.24. The summed E-state index contributed by atoms with van der Waals surface area (Å²) in [5.41, 5.74) is 0.277. The second-order valence-corrected chi connectivity index (χ2v) is 3.09. The number of benzene rings is 1. The smallest absolute Gasteiger partial charge is 0.166 e. The van der Waals surface area contributed by atoms with Gasteiger partial charge in [0.05, 0.1) is 0 Å². The molecular formula is C12H8FNO2. The maximum Gasteiger partial charge on any atom is 0.166 e. The van der Waals surface area contributed by atoms with Gasteiger partial charge in [0.25, 0.3) is 0 Å². The van der Waals surface area contributed by atoms with E-state index in [1.165, 1.54) is 12.1 Å². The Kier molecular flexibility index (Phi) is 2.91. The average Bonchev–Trinajstić information content (AvgIpc) is 2.33. The quantitative estimate of drug-likeness (QED) is 0.742. The first kappa shape index (κ1) is 10.3. The van der Waals surface area contributed by atoms with Crippen molar-refractivity contribution in [3.63, 3.8) is 0 Å². The first-order chi connectivity index (χ1) is 7.79. The maximum atomic E-state index is 13.4. The van der Waals surface area contributed by atoms with Gasteiger partial charge in [0.15, 0.2) is 11.6 Å². The van der Waals surface area contributed by atoms with E-state index in [1.54, 1.807) is 24.5 Å². The third kappa shape index (κ3) is 2.23. The molecule has 16 heavy (non-hydrogen) atoms. The van der Waals surface area contributed by atoms with Crippen molar-refractivity contribution in [3.05, 3.63) is 54.1 Å². The number of hydrogen-bond acceptors (Lipinski definition) is 3. The molecular weight excluding hydrogens is 209 g/mol. The molecule has 0 aliphatic heterocycles. The Bertz CT molecular complexity index is 500. The van der Waals surface area contributed by atoms with Crippen molar-refractivity contribution >= 4 is 6.29 Å². The highest BCUT2D eigenvalue weighted by atomic mass is 19.1. The molecule has 3 nitrogen and oxygen atoms in total. The normalized spacial score (nSPS) is 9.81. The van der Waals surface area contributed by atoms with Gasteiger partial charge in [0.1, 0.15) is 12.0 Å². The Morgan fingerprint density at radius 2 is 1.94 bits per heavy atom. The molecule has 0 bridgehead atoms. The number of pyridine rings is 1. The van der Waals surface area contributed by atoms with Gasteiger partial charge >= 0.3 is 0 Å². The van der Waals surface area contributed by atoms with Crippen molar-refractivity contribution in [1.29, 1.82) is 0 Å². The van der Waals surface area contributed by atoms with Crippen molar-refractivity contribution < 1.29 is 13.9 Å². The average molecular weight is 217 g/mol. The number of hydrogen-bond donors (Lipinski definition) is 0. The van der Waals surface area contributed by atoms with Crippen LogP contribution in [0.5, 0.6) is 11.5 Å². The molecule has 0 aliphatic rings. The van der Waals surface area contributed by atoms with Gasteiger partial charge in [-0.1, -0.05) is 0 Å². The van der Waals surface area contributed by atoms with Gasteiger partial charge < -0.3 is 4.74 Å². The van der Waals surface area contributed by atoms with E-state index in [-0.39, 0.29) is 11.3 Å². The lowest BCUT2D eigenvalue weighted by Gasteiger charge is -2.06. The van der Waals surface area contributed by atoms with Gasteiger partial charge in [0, 0.05) is 18.0 Å². The second-order valence-electron chi connectivity index (χ2n) is 3.09. The van der Waals surface area contributed by atoms with E-state index in [9.17, 15) is 9.18 Å². The number of ether oxygens (including phenoxy) is 1. The van der Waals surface area contributed by atoms with Crippen LogP contribution < -0.4 is 4.74 Å². The van der Waals surface area contributed by atoms with Crippen molar-refractivity contribution in [2.75, 3.05) is 0 Å². The molecule has 0 radical (unpaired) electrons. The summed E-state index contributed by atoms with van der Waals surface area (Å²) >= 11 is 0. The summed E-state index contributed by atoms with van der Waals surface area (Å²) in [6.07, 6.45) is 3.68. The predicted molar refractivity (Wildman–Crippen MR) is 56.1 cm³/mol. The lowest BCUT2D eigenvalue weighted by molar-refractivity contribution is 0.112. The fraction of sp³-hybridized carbons (Fsp3) is 0. The number of carbonyl (C=O) groups excluding carboxylic acids is 1. The van der Waals surface area contributed by atoms with E-state index >= 15 is 0 Å². The molecule has 80 valence electrons. The molecule has 0 atom stereocenters. The standard InChI is InChI=1S/C12H8FNO2/c13-11-7-9(8-15)1-2-12(11)16-10-3-5-14-6-4-10/h1-8H. The van der Waals surface area contributed by atoms with Crippen LogP contribution >= 0.6 is 0 Å². The Balaban J connectivity index is 2.25. The lowest BCUT2D eigenvalue weighted by Crippen LogP contribution is -1.90. The Labute approximate surface area is 91.5 Å². The maximum absolute atomic E-state index is 13.4. The van der Waals surface area contributed by atoms with Crippen LogP contribution in [0.4, 0.5) is 4.39 Å². The number of aldehydes is 1. The summed E-state index contributed by atoms with van der Waals surface area (Å²) in [6.45, 7) is 0. The van der Waals surface area contributed by atoms with Gasteiger partial charge in [-0.15, -0.1) is 0 Å². The summed E-state index contributed by atoms with van der Waals surface area (Å²) in [5, 5.41) is 0. The Hall–Kier alpha value is -2.23. The number of rotatable bonds is 3. The van der Waals surface area contributed by atoms with Crippen LogP contribution in [0, 0.1) is 5.82 Å². The van der Waals surface area contributed by atoms with E-state index in [0.29, 0.717) is 12.0 Å². The molecule has 0 amide bonds. The van der Waals surface area contributed by atoms with Gasteiger partial charge in [-0.2, -0.15) is 0 Å². The summed E-state index contributed by atoms with van der Waals surface area (Å²) in [7, 11) is 0. The van der Waals surface area contributed by atoms with E-state index < -0.39 is 5.82 Å². The van der Waals surface area contributed by atoms with Crippen molar-refractivity contribution in [2.45, 2.75) is 0 Å². The minimum absolute atomic E-state index is 0.0804. The van der Waals surface area contributed by atoms with Gasteiger partial charge in [0.2, 0.25) is 0 Å². The molecule has 0 spiro atoms. The zero-order chi connectivity index (χ0) is 11.4. The topological polar surface area (TPSA) is 39.2 Å². The van der Waals surface area contributed by atoms with Gasteiger partial charge in [-0.25, -0.2) is 4.39 Å². The zero-order valence-electron chi connectivity index (χ0n) is 8.26.